The molecule has 3 aromatic heterocycles. The molecule has 0 spiro atoms. The number of ether oxygens (including phenoxy) is 1. The number of benzene rings is 1. The number of nitrogens with zero attached hydrogens (tertiary/aromatic N) is 9. The molecule has 0 N–H and O–H groups in total. The van der Waals surface area contributed by atoms with Crippen molar-refractivity contribution in [1.29, 1.82) is 0 Å². The van der Waals surface area contributed by atoms with Gasteiger partial charge in [-0.1, -0.05) is 17.2 Å². The minimum absolute atomic E-state index is 0.330. The predicted molar refractivity (Wildman–Crippen MR) is 99.7 cm³/mol. The van der Waals surface area contributed by atoms with E-state index in [0.717, 1.165) is 16.9 Å². The summed E-state index contributed by atoms with van der Waals surface area (Å²) >= 11 is 0. The van der Waals surface area contributed by atoms with Crippen molar-refractivity contribution in [3.05, 3.63) is 53.7 Å². The fraction of sp³-hybridized carbons (Fsp3) is 0.278. The molecule has 4 rings (SSSR count). The summed E-state index contributed by atoms with van der Waals surface area (Å²) in [6.45, 7) is 5.72. The molecule has 0 aliphatic rings. The Balaban J connectivity index is 1.53. The Morgan fingerprint density at radius 2 is 1.89 bits per heavy atom. The number of rotatable bonds is 5. The molecule has 28 heavy (non-hydrogen) atoms. The molecule has 3 heterocycles. The molecular formula is C18H19N9O. The molecule has 142 valence electrons. The first kappa shape index (κ1) is 17.7. The Kier molecular flexibility index (Phi) is 4.52. The van der Waals surface area contributed by atoms with Gasteiger partial charge in [0.2, 0.25) is 5.82 Å². The minimum atomic E-state index is -0.460. The lowest BCUT2D eigenvalue weighted by Crippen LogP contribution is -2.09. The number of aryl methyl sites for hydroxylation is 2. The largest absolute Gasteiger partial charge is 0.452 e. The van der Waals surface area contributed by atoms with E-state index >= 15 is 0 Å². The van der Waals surface area contributed by atoms with Crippen LogP contribution in [0.1, 0.15) is 30.1 Å². The zero-order valence-electron chi connectivity index (χ0n) is 16.0. The van der Waals surface area contributed by atoms with Crippen LogP contribution >= 0.6 is 0 Å². The van der Waals surface area contributed by atoms with Gasteiger partial charge in [0.1, 0.15) is 5.69 Å². The van der Waals surface area contributed by atoms with Gasteiger partial charge in [0.05, 0.1) is 17.6 Å². The zero-order chi connectivity index (χ0) is 19.7. The van der Waals surface area contributed by atoms with Gasteiger partial charge in [-0.05, 0) is 43.7 Å². The van der Waals surface area contributed by atoms with Crippen molar-refractivity contribution in [3.8, 4) is 23.2 Å². The van der Waals surface area contributed by atoms with Crippen LogP contribution < -0.4 is 4.74 Å². The Morgan fingerprint density at radius 3 is 2.64 bits per heavy atom. The van der Waals surface area contributed by atoms with Gasteiger partial charge in [0, 0.05) is 13.2 Å². The van der Waals surface area contributed by atoms with E-state index in [4.69, 9.17) is 4.74 Å². The summed E-state index contributed by atoms with van der Waals surface area (Å²) in [4.78, 5) is 10.0. The predicted octanol–water partition coefficient (Wildman–Crippen LogP) is 2.00. The second-order valence-electron chi connectivity index (χ2n) is 6.44. The SMILES string of the molecule is Cc1cccc(-n2nnc([C@@H](C)Oc3nnc(-c4cnc(C)cn4)n3C)n2)c1. The van der Waals surface area contributed by atoms with Crippen LogP contribution in [-0.4, -0.2) is 44.9 Å². The summed E-state index contributed by atoms with van der Waals surface area (Å²) in [5.41, 5.74) is 3.40. The van der Waals surface area contributed by atoms with Crippen molar-refractivity contribution < 1.29 is 4.74 Å². The fourth-order valence-corrected chi connectivity index (χ4v) is 2.61. The maximum Gasteiger partial charge on any atom is 0.317 e. The zero-order valence-corrected chi connectivity index (χ0v) is 16.0. The molecule has 0 fully saturated rings. The molecule has 1 atom stereocenters. The van der Waals surface area contributed by atoms with Crippen molar-refractivity contribution in [3.63, 3.8) is 0 Å². The third-order valence-corrected chi connectivity index (χ3v) is 4.15. The van der Waals surface area contributed by atoms with Gasteiger partial charge < -0.3 is 4.74 Å². The normalized spacial score (nSPS) is 12.1. The van der Waals surface area contributed by atoms with Crippen LogP contribution in [-0.2, 0) is 7.05 Å². The van der Waals surface area contributed by atoms with Crippen LogP contribution in [0.3, 0.4) is 0 Å². The molecule has 0 radical (unpaired) electrons. The van der Waals surface area contributed by atoms with Gasteiger partial charge in [-0.25, -0.2) is 4.98 Å². The first-order valence-electron chi connectivity index (χ1n) is 8.73. The molecule has 0 aliphatic heterocycles. The van der Waals surface area contributed by atoms with Crippen LogP contribution in [0, 0.1) is 13.8 Å². The van der Waals surface area contributed by atoms with Gasteiger partial charge in [0.25, 0.3) is 0 Å². The van der Waals surface area contributed by atoms with E-state index in [2.05, 4.69) is 35.6 Å². The highest BCUT2D eigenvalue weighted by Crippen LogP contribution is 2.22. The summed E-state index contributed by atoms with van der Waals surface area (Å²) in [7, 11) is 1.80. The van der Waals surface area contributed by atoms with E-state index in [-0.39, 0.29) is 0 Å². The van der Waals surface area contributed by atoms with Crippen molar-refractivity contribution >= 4 is 0 Å². The van der Waals surface area contributed by atoms with Gasteiger partial charge in [-0.2, -0.15) is 0 Å². The Morgan fingerprint density at radius 1 is 1.04 bits per heavy atom. The lowest BCUT2D eigenvalue weighted by molar-refractivity contribution is 0.190. The highest BCUT2D eigenvalue weighted by Gasteiger charge is 2.20. The van der Waals surface area contributed by atoms with Gasteiger partial charge in [-0.3, -0.25) is 9.55 Å². The standard InChI is InChI=1S/C18H19N9O/c1-11-6-5-7-14(8-11)27-24-16(21-25-27)13(3)28-18-23-22-17(26(18)4)15-10-19-12(2)9-20-15/h5-10,13H,1-4H3/t13-/m1/s1. The summed E-state index contributed by atoms with van der Waals surface area (Å²) in [5, 5.41) is 20.9. The maximum absolute atomic E-state index is 5.89. The molecule has 0 saturated carbocycles. The summed E-state index contributed by atoms with van der Waals surface area (Å²) in [5.74, 6) is 1.01. The smallest absolute Gasteiger partial charge is 0.317 e. The van der Waals surface area contributed by atoms with Crippen molar-refractivity contribution in [1.82, 2.24) is 44.9 Å². The molecule has 0 amide bonds. The molecule has 0 unspecified atom stereocenters. The number of hydrogen-bond acceptors (Lipinski definition) is 8. The molecule has 10 nitrogen and oxygen atoms in total. The Labute approximate surface area is 161 Å². The lowest BCUT2D eigenvalue weighted by Gasteiger charge is -2.10. The van der Waals surface area contributed by atoms with Crippen LogP contribution in [0.15, 0.2) is 36.7 Å². The maximum atomic E-state index is 5.89. The highest BCUT2D eigenvalue weighted by atomic mass is 16.5. The van der Waals surface area contributed by atoms with E-state index in [1.807, 2.05) is 45.0 Å². The monoisotopic (exact) mass is 377 g/mol. The molecular weight excluding hydrogens is 358 g/mol. The number of tetrazole rings is 1. The average Bonchev–Trinajstić information content (AvgIpc) is 3.31. The Hall–Kier alpha value is -3.69. The van der Waals surface area contributed by atoms with Gasteiger partial charge in [-0.15, -0.1) is 20.1 Å². The van der Waals surface area contributed by atoms with E-state index in [0.29, 0.717) is 23.4 Å². The third kappa shape index (κ3) is 3.43. The molecule has 10 heteroatoms. The molecule has 0 bridgehead atoms. The van der Waals surface area contributed by atoms with Crippen molar-refractivity contribution in [2.75, 3.05) is 0 Å². The first-order valence-corrected chi connectivity index (χ1v) is 8.73. The van der Waals surface area contributed by atoms with Gasteiger partial charge in [0.15, 0.2) is 11.9 Å². The average molecular weight is 377 g/mol. The topological polar surface area (TPSA) is 109 Å². The second-order valence-corrected chi connectivity index (χ2v) is 6.44. The van der Waals surface area contributed by atoms with E-state index in [1.54, 1.807) is 24.0 Å². The summed E-state index contributed by atoms with van der Waals surface area (Å²) < 4.78 is 7.60. The summed E-state index contributed by atoms with van der Waals surface area (Å²) in [6, 6.07) is 8.19. The third-order valence-electron chi connectivity index (χ3n) is 4.15. The molecule has 4 aromatic rings. The van der Waals surface area contributed by atoms with Crippen molar-refractivity contribution in [2.24, 2.45) is 7.05 Å². The quantitative estimate of drug-likeness (QED) is 0.519. The van der Waals surface area contributed by atoms with Crippen LogP contribution in [0.25, 0.3) is 17.2 Å². The van der Waals surface area contributed by atoms with E-state index in [9.17, 15) is 0 Å². The van der Waals surface area contributed by atoms with Crippen LogP contribution in [0.4, 0.5) is 0 Å². The molecule has 1 aromatic carbocycles. The minimum Gasteiger partial charge on any atom is -0.452 e. The highest BCUT2D eigenvalue weighted by molar-refractivity contribution is 5.48. The van der Waals surface area contributed by atoms with E-state index < -0.39 is 6.10 Å². The van der Waals surface area contributed by atoms with Crippen LogP contribution in [0.2, 0.25) is 0 Å². The second kappa shape index (κ2) is 7.14. The fourth-order valence-electron chi connectivity index (χ4n) is 2.61. The van der Waals surface area contributed by atoms with Crippen molar-refractivity contribution in [2.45, 2.75) is 26.9 Å². The van der Waals surface area contributed by atoms with Gasteiger partial charge >= 0.3 is 6.01 Å². The number of hydrogen-bond donors (Lipinski definition) is 0. The Bertz CT molecular complexity index is 1100. The number of aromatic nitrogens is 9. The first-order chi connectivity index (χ1) is 13.5. The van der Waals surface area contributed by atoms with Crippen LogP contribution in [0.5, 0.6) is 6.01 Å². The van der Waals surface area contributed by atoms with E-state index in [1.165, 1.54) is 4.80 Å². The summed E-state index contributed by atoms with van der Waals surface area (Å²) in [6.07, 6.45) is 2.88. The molecule has 0 saturated heterocycles. The molecule has 0 aliphatic carbocycles. The lowest BCUT2D eigenvalue weighted by atomic mass is 10.2.